The highest BCUT2D eigenvalue weighted by molar-refractivity contribution is 7.14. The van der Waals surface area contributed by atoms with E-state index in [9.17, 15) is 9.18 Å². The molecule has 1 aromatic heterocycles. The fraction of sp³-hybridized carbons (Fsp3) is 0.312. The van der Waals surface area contributed by atoms with Crippen molar-refractivity contribution in [2.75, 3.05) is 5.73 Å². The molecule has 0 spiro atoms. The number of benzene rings is 1. The summed E-state index contributed by atoms with van der Waals surface area (Å²) in [6.07, 6.45) is 2.07. The minimum Gasteiger partial charge on any atom is -0.398 e. The van der Waals surface area contributed by atoms with Crippen LogP contribution in [0.2, 0.25) is 0 Å². The quantitative estimate of drug-likeness (QED) is 0.938. The second-order valence-corrected chi connectivity index (χ2v) is 6.67. The number of halogens is 1. The van der Waals surface area contributed by atoms with E-state index in [2.05, 4.69) is 0 Å². The summed E-state index contributed by atoms with van der Waals surface area (Å²) in [6.45, 7) is 2.43. The number of hydrogen-bond donors (Lipinski definition) is 1. The number of carbonyl (C=O) groups excluding carboxylic acids is 1. The molecule has 110 valence electrons. The summed E-state index contributed by atoms with van der Waals surface area (Å²) in [5, 5.41) is 0. The second kappa shape index (κ2) is 5.48. The van der Waals surface area contributed by atoms with Crippen LogP contribution >= 0.6 is 11.3 Å². The summed E-state index contributed by atoms with van der Waals surface area (Å²) in [6, 6.07) is 8.36. The first-order valence-electron chi connectivity index (χ1n) is 6.96. The molecule has 3 rings (SSSR count). The van der Waals surface area contributed by atoms with Crippen LogP contribution in [0.3, 0.4) is 0 Å². The van der Waals surface area contributed by atoms with Gasteiger partial charge in [0.25, 0.3) is 5.91 Å². The molecule has 1 aromatic carbocycles. The van der Waals surface area contributed by atoms with E-state index >= 15 is 0 Å². The maximum absolute atomic E-state index is 13.0. The van der Waals surface area contributed by atoms with E-state index in [4.69, 9.17) is 5.73 Å². The summed E-state index contributed by atoms with van der Waals surface area (Å²) in [5.41, 5.74) is 7.45. The molecule has 2 N–H and O–H groups in total. The molecule has 1 aliphatic carbocycles. The third kappa shape index (κ3) is 3.08. The second-order valence-electron chi connectivity index (χ2n) is 5.41. The lowest BCUT2D eigenvalue weighted by atomic mass is 10.2. The van der Waals surface area contributed by atoms with E-state index in [0.717, 1.165) is 23.3 Å². The minimum atomic E-state index is -0.260. The first kappa shape index (κ1) is 14.1. The maximum atomic E-state index is 13.0. The molecule has 0 atom stereocenters. The molecule has 1 amide bonds. The Hall–Kier alpha value is -1.88. The Morgan fingerprint density at radius 3 is 2.57 bits per heavy atom. The number of carbonyl (C=O) groups is 1. The molecular formula is C16H17FN2OS. The zero-order valence-corrected chi connectivity index (χ0v) is 12.6. The molecule has 21 heavy (non-hydrogen) atoms. The Morgan fingerprint density at radius 2 is 2.05 bits per heavy atom. The van der Waals surface area contributed by atoms with Crippen molar-refractivity contribution in [1.82, 2.24) is 4.90 Å². The molecule has 1 fully saturated rings. The Balaban J connectivity index is 1.81. The van der Waals surface area contributed by atoms with Crippen molar-refractivity contribution in [2.24, 2.45) is 0 Å². The monoisotopic (exact) mass is 304 g/mol. The number of aryl methyl sites for hydroxylation is 1. The number of nitrogens with two attached hydrogens (primary N) is 1. The molecule has 1 aliphatic rings. The summed E-state index contributed by atoms with van der Waals surface area (Å²) in [5.74, 6) is -0.240. The third-order valence-electron chi connectivity index (χ3n) is 3.68. The van der Waals surface area contributed by atoms with Crippen LogP contribution in [0.15, 0.2) is 30.3 Å². The van der Waals surface area contributed by atoms with Crippen molar-refractivity contribution in [1.29, 1.82) is 0 Å². The lowest BCUT2D eigenvalue weighted by Crippen LogP contribution is -2.32. The number of anilines is 1. The summed E-state index contributed by atoms with van der Waals surface area (Å²) in [4.78, 5) is 16.2. The largest absolute Gasteiger partial charge is 0.398 e. The van der Waals surface area contributed by atoms with Gasteiger partial charge in [0.15, 0.2) is 0 Å². The van der Waals surface area contributed by atoms with Gasteiger partial charge in [-0.15, -0.1) is 11.3 Å². The van der Waals surface area contributed by atoms with E-state index in [1.54, 1.807) is 18.2 Å². The highest BCUT2D eigenvalue weighted by Gasteiger charge is 2.33. The van der Waals surface area contributed by atoms with Crippen molar-refractivity contribution in [3.63, 3.8) is 0 Å². The first-order chi connectivity index (χ1) is 10.0. The average Bonchev–Trinajstić information content (AvgIpc) is 3.24. The summed E-state index contributed by atoms with van der Waals surface area (Å²) in [7, 11) is 0. The van der Waals surface area contributed by atoms with Crippen LogP contribution in [0.25, 0.3) is 0 Å². The molecule has 3 nitrogen and oxygen atoms in total. The van der Waals surface area contributed by atoms with E-state index in [-0.39, 0.29) is 11.7 Å². The van der Waals surface area contributed by atoms with Crippen molar-refractivity contribution in [3.8, 4) is 0 Å². The molecule has 0 radical (unpaired) electrons. The van der Waals surface area contributed by atoms with Crippen molar-refractivity contribution < 1.29 is 9.18 Å². The number of thiophene rings is 1. The molecule has 1 heterocycles. The van der Waals surface area contributed by atoms with E-state index < -0.39 is 0 Å². The van der Waals surface area contributed by atoms with Gasteiger partial charge in [-0.3, -0.25) is 4.79 Å². The van der Waals surface area contributed by atoms with Crippen LogP contribution in [0.1, 0.15) is 33.0 Å². The van der Waals surface area contributed by atoms with Crippen LogP contribution in [0, 0.1) is 12.7 Å². The van der Waals surface area contributed by atoms with Gasteiger partial charge in [0.05, 0.1) is 4.88 Å². The van der Waals surface area contributed by atoms with E-state index in [0.29, 0.717) is 23.2 Å². The molecular weight excluding hydrogens is 287 g/mol. The molecule has 0 unspecified atom stereocenters. The van der Waals surface area contributed by atoms with Gasteiger partial charge in [-0.1, -0.05) is 12.1 Å². The highest BCUT2D eigenvalue weighted by atomic mass is 32.1. The smallest absolute Gasteiger partial charge is 0.264 e. The molecule has 0 aliphatic heterocycles. The third-order valence-corrected chi connectivity index (χ3v) is 4.74. The average molecular weight is 304 g/mol. The number of amides is 1. The lowest BCUT2D eigenvalue weighted by Gasteiger charge is -2.22. The predicted octanol–water partition coefficient (Wildman–Crippen LogP) is 3.58. The molecule has 1 saturated carbocycles. The topological polar surface area (TPSA) is 46.3 Å². The lowest BCUT2D eigenvalue weighted by molar-refractivity contribution is 0.0735. The van der Waals surface area contributed by atoms with Crippen molar-refractivity contribution in [3.05, 3.63) is 51.5 Å². The summed E-state index contributed by atoms with van der Waals surface area (Å²) >= 11 is 1.43. The summed E-state index contributed by atoms with van der Waals surface area (Å²) < 4.78 is 13.0. The number of nitrogens with zero attached hydrogens (tertiary/aromatic N) is 1. The van der Waals surface area contributed by atoms with E-state index in [1.807, 2.05) is 11.8 Å². The van der Waals surface area contributed by atoms with Gasteiger partial charge in [0.1, 0.15) is 5.82 Å². The standard InChI is InChI=1S/C16H17FN2OS/c1-10-14(18)8-15(21-10)16(20)19(13-6-7-13)9-11-2-4-12(17)5-3-11/h2-5,8,13H,6-7,9,18H2,1H3. The van der Waals surface area contributed by atoms with E-state index in [1.165, 1.54) is 23.5 Å². The zero-order chi connectivity index (χ0) is 15.0. The van der Waals surface area contributed by atoms with Crippen LogP contribution in [0.4, 0.5) is 10.1 Å². The normalized spacial score (nSPS) is 14.2. The number of hydrogen-bond acceptors (Lipinski definition) is 3. The Morgan fingerprint density at radius 1 is 1.38 bits per heavy atom. The fourth-order valence-electron chi connectivity index (χ4n) is 2.28. The van der Waals surface area contributed by atoms with Gasteiger partial charge in [-0.05, 0) is 43.5 Å². The Bertz CT molecular complexity index is 642. The number of rotatable bonds is 4. The molecule has 2 aromatic rings. The van der Waals surface area contributed by atoms with Crippen LogP contribution in [-0.4, -0.2) is 16.8 Å². The molecule has 5 heteroatoms. The van der Waals surface area contributed by atoms with Crippen molar-refractivity contribution in [2.45, 2.75) is 32.4 Å². The fourth-order valence-corrected chi connectivity index (χ4v) is 3.18. The van der Waals surface area contributed by atoms with Gasteiger partial charge in [-0.25, -0.2) is 4.39 Å². The highest BCUT2D eigenvalue weighted by Crippen LogP contribution is 2.32. The van der Waals surface area contributed by atoms with Crippen LogP contribution < -0.4 is 5.73 Å². The van der Waals surface area contributed by atoms with Crippen molar-refractivity contribution >= 4 is 22.9 Å². The van der Waals surface area contributed by atoms with Crippen LogP contribution in [-0.2, 0) is 6.54 Å². The molecule has 0 bridgehead atoms. The zero-order valence-electron chi connectivity index (χ0n) is 11.8. The minimum absolute atomic E-state index is 0.0200. The number of nitrogen functional groups attached to an aromatic ring is 1. The SMILES string of the molecule is Cc1sc(C(=O)N(Cc2ccc(F)cc2)C2CC2)cc1N. The Kier molecular flexibility index (Phi) is 3.68. The van der Waals surface area contributed by atoms with Gasteiger partial charge in [0.2, 0.25) is 0 Å². The van der Waals surface area contributed by atoms with Crippen LogP contribution in [0.5, 0.6) is 0 Å². The predicted molar refractivity (Wildman–Crippen MR) is 82.8 cm³/mol. The molecule has 0 saturated heterocycles. The van der Waals surface area contributed by atoms with Gasteiger partial charge < -0.3 is 10.6 Å². The van der Waals surface area contributed by atoms with Gasteiger partial charge in [-0.2, -0.15) is 0 Å². The van der Waals surface area contributed by atoms with Gasteiger partial charge in [0, 0.05) is 23.2 Å². The van der Waals surface area contributed by atoms with Gasteiger partial charge >= 0.3 is 0 Å². The maximum Gasteiger partial charge on any atom is 0.264 e. The first-order valence-corrected chi connectivity index (χ1v) is 7.77. The Labute approximate surface area is 127 Å².